The number of benzene rings is 2. The Bertz CT molecular complexity index is 700. The molecule has 0 heterocycles. The molecule has 2 aromatic carbocycles. The number of rotatable bonds is 11. The van der Waals surface area contributed by atoms with E-state index in [1.807, 2.05) is 44.2 Å². The summed E-state index contributed by atoms with van der Waals surface area (Å²) in [7, 11) is 1.60. The smallest absolute Gasteiger partial charge is 0.261 e. The first-order valence-corrected chi connectivity index (χ1v) is 9.46. The van der Waals surface area contributed by atoms with Gasteiger partial charge < -0.3 is 19.5 Å². The average Bonchev–Trinajstić information content (AvgIpc) is 2.70. The maximum atomic E-state index is 12.4. The molecule has 1 atom stereocenters. The minimum absolute atomic E-state index is 0.0907. The summed E-state index contributed by atoms with van der Waals surface area (Å²) < 4.78 is 16.4. The predicted molar refractivity (Wildman–Crippen MR) is 107 cm³/mol. The number of hydrogen-bond acceptors (Lipinski definition) is 4. The molecule has 0 aliphatic carbocycles. The monoisotopic (exact) mass is 371 g/mol. The van der Waals surface area contributed by atoms with E-state index in [4.69, 9.17) is 14.2 Å². The molecule has 0 bridgehead atoms. The van der Waals surface area contributed by atoms with Crippen molar-refractivity contribution in [3.05, 3.63) is 54.1 Å². The summed E-state index contributed by atoms with van der Waals surface area (Å²) in [6.07, 6.45) is 1.86. The van der Waals surface area contributed by atoms with Crippen LogP contribution in [0.25, 0.3) is 0 Å². The molecule has 27 heavy (non-hydrogen) atoms. The van der Waals surface area contributed by atoms with Crippen molar-refractivity contribution in [2.24, 2.45) is 0 Å². The number of carbonyl (C=O) groups excluding carboxylic acids is 1. The Morgan fingerprint density at radius 2 is 1.78 bits per heavy atom. The van der Waals surface area contributed by atoms with E-state index in [2.05, 4.69) is 17.4 Å². The summed E-state index contributed by atoms with van der Waals surface area (Å²) in [5.41, 5.74) is 1.23. The van der Waals surface area contributed by atoms with Crippen molar-refractivity contribution in [1.29, 1.82) is 0 Å². The number of amides is 1. The van der Waals surface area contributed by atoms with Gasteiger partial charge in [-0.25, -0.2) is 0 Å². The molecule has 1 unspecified atom stereocenters. The van der Waals surface area contributed by atoms with Gasteiger partial charge in [-0.05, 0) is 56.0 Å². The highest BCUT2D eigenvalue weighted by atomic mass is 16.5. The second kappa shape index (κ2) is 11.1. The number of aryl methyl sites for hydroxylation is 1. The third-order valence-corrected chi connectivity index (χ3v) is 4.16. The number of hydrogen-bond donors (Lipinski definition) is 1. The van der Waals surface area contributed by atoms with Crippen LogP contribution in [-0.4, -0.2) is 32.3 Å². The van der Waals surface area contributed by atoms with Crippen LogP contribution in [0.15, 0.2) is 48.5 Å². The van der Waals surface area contributed by atoms with Crippen molar-refractivity contribution in [3.63, 3.8) is 0 Å². The van der Waals surface area contributed by atoms with Gasteiger partial charge in [-0.3, -0.25) is 4.79 Å². The van der Waals surface area contributed by atoms with Crippen LogP contribution in [-0.2, 0) is 11.2 Å². The summed E-state index contributed by atoms with van der Waals surface area (Å²) in [6, 6.07) is 15.4. The van der Waals surface area contributed by atoms with E-state index in [0.29, 0.717) is 31.1 Å². The van der Waals surface area contributed by atoms with Crippen LogP contribution < -0.4 is 19.5 Å². The van der Waals surface area contributed by atoms with Crippen molar-refractivity contribution in [3.8, 4) is 17.2 Å². The van der Waals surface area contributed by atoms with Gasteiger partial charge in [0.05, 0.1) is 13.7 Å². The zero-order valence-electron chi connectivity index (χ0n) is 16.4. The second-order valence-electron chi connectivity index (χ2n) is 6.17. The average molecular weight is 371 g/mol. The fourth-order valence-electron chi connectivity index (χ4n) is 2.70. The van der Waals surface area contributed by atoms with Crippen molar-refractivity contribution in [2.75, 3.05) is 20.3 Å². The molecule has 1 N–H and O–H groups in total. The lowest BCUT2D eigenvalue weighted by Crippen LogP contribution is -2.38. The molecule has 0 radical (unpaired) electrons. The Balaban J connectivity index is 1.75. The summed E-state index contributed by atoms with van der Waals surface area (Å²) in [6.45, 7) is 5.19. The molecule has 146 valence electrons. The molecule has 0 saturated carbocycles. The molecule has 0 fully saturated rings. The van der Waals surface area contributed by atoms with Crippen LogP contribution in [0, 0.1) is 0 Å². The van der Waals surface area contributed by atoms with Crippen molar-refractivity contribution >= 4 is 5.91 Å². The lowest BCUT2D eigenvalue weighted by molar-refractivity contribution is -0.128. The highest BCUT2D eigenvalue weighted by molar-refractivity contribution is 5.81. The first kappa shape index (κ1) is 20.6. The normalized spacial score (nSPS) is 11.5. The van der Waals surface area contributed by atoms with E-state index < -0.39 is 6.10 Å². The predicted octanol–water partition coefficient (Wildman–Crippen LogP) is 4.00. The summed E-state index contributed by atoms with van der Waals surface area (Å²) in [5.74, 6) is 2.13. The zero-order valence-corrected chi connectivity index (χ0v) is 16.4. The maximum Gasteiger partial charge on any atom is 0.261 e. The third kappa shape index (κ3) is 6.85. The number of ether oxygens (including phenoxy) is 3. The van der Waals surface area contributed by atoms with Crippen molar-refractivity contribution < 1.29 is 19.0 Å². The maximum absolute atomic E-state index is 12.4. The van der Waals surface area contributed by atoms with E-state index in [1.165, 1.54) is 5.56 Å². The quantitative estimate of drug-likeness (QED) is 0.607. The van der Waals surface area contributed by atoms with E-state index in [9.17, 15) is 4.79 Å². The van der Waals surface area contributed by atoms with Gasteiger partial charge in [-0.2, -0.15) is 0 Å². The number of methoxy groups -OCH3 is 1. The molecule has 1 amide bonds. The fourth-order valence-corrected chi connectivity index (χ4v) is 2.70. The lowest BCUT2D eigenvalue weighted by Gasteiger charge is -2.17. The van der Waals surface area contributed by atoms with Gasteiger partial charge in [-0.1, -0.05) is 25.1 Å². The molecule has 5 nitrogen and oxygen atoms in total. The number of nitrogens with one attached hydrogen (secondary N) is 1. The van der Waals surface area contributed by atoms with Crippen LogP contribution >= 0.6 is 0 Å². The van der Waals surface area contributed by atoms with Gasteiger partial charge in [0, 0.05) is 12.6 Å². The molecule has 0 saturated heterocycles. The minimum atomic E-state index is -0.511. The van der Waals surface area contributed by atoms with Crippen molar-refractivity contribution in [1.82, 2.24) is 5.32 Å². The Hall–Kier alpha value is -2.69. The van der Waals surface area contributed by atoms with E-state index in [-0.39, 0.29) is 5.91 Å². The first-order chi connectivity index (χ1) is 13.2. The van der Waals surface area contributed by atoms with Gasteiger partial charge in [0.25, 0.3) is 5.91 Å². The van der Waals surface area contributed by atoms with Crippen LogP contribution in [0.4, 0.5) is 0 Å². The van der Waals surface area contributed by atoms with Crippen LogP contribution in [0.1, 0.15) is 32.3 Å². The van der Waals surface area contributed by atoms with Gasteiger partial charge in [-0.15, -0.1) is 0 Å². The minimum Gasteiger partial charge on any atom is -0.497 e. The summed E-state index contributed by atoms with van der Waals surface area (Å²) in [4.78, 5) is 12.4. The Morgan fingerprint density at radius 3 is 2.44 bits per heavy atom. The number of carbonyl (C=O) groups is 1. The molecule has 2 aromatic rings. The molecule has 0 aliphatic rings. The SMILES string of the molecule is CCOc1ccc(CCCNC(=O)C(CC)Oc2cccc(OC)c2)cc1. The highest BCUT2D eigenvalue weighted by Crippen LogP contribution is 2.20. The Kier molecular flexibility index (Phi) is 8.49. The van der Waals surface area contributed by atoms with E-state index >= 15 is 0 Å². The van der Waals surface area contributed by atoms with Crippen LogP contribution in [0.3, 0.4) is 0 Å². The van der Waals surface area contributed by atoms with Gasteiger partial charge in [0.15, 0.2) is 6.10 Å². The largest absolute Gasteiger partial charge is 0.497 e. The molecule has 0 aromatic heterocycles. The van der Waals surface area contributed by atoms with E-state index in [1.54, 1.807) is 13.2 Å². The van der Waals surface area contributed by atoms with E-state index in [0.717, 1.165) is 18.6 Å². The van der Waals surface area contributed by atoms with Gasteiger partial charge in [0.1, 0.15) is 17.2 Å². The second-order valence-corrected chi connectivity index (χ2v) is 6.17. The molecule has 5 heteroatoms. The summed E-state index contributed by atoms with van der Waals surface area (Å²) in [5, 5.41) is 2.96. The molecule has 0 aliphatic heterocycles. The van der Waals surface area contributed by atoms with Crippen LogP contribution in [0.5, 0.6) is 17.2 Å². The molecule has 0 spiro atoms. The van der Waals surface area contributed by atoms with Gasteiger partial charge in [0.2, 0.25) is 0 Å². The van der Waals surface area contributed by atoms with Crippen molar-refractivity contribution in [2.45, 2.75) is 39.2 Å². The summed E-state index contributed by atoms with van der Waals surface area (Å²) >= 11 is 0. The lowest BCUT2D eigenvalue weighted by atomic mass is 10.1. The zero-order chi connectivity index (χ0) is 19.5. The third-order valence-electron chi connectivity index (χ3n) is 4.16. The van der Waals surface area contributed by atoms with Crippen LogP contribution in [0.2, 0.25) is 0 Å². The topological polar surface area (TPSA) is 56.8 Å². The Morgan fingerprint density at radius 1 is 1.04 bits per heavy atom. The first-order valence-electron chi connectivity index (χ1n) is 9.46. The fraction of sp³-hybridized carbons (Fsp3) is 0.409. The molecular formula is C22H29NO4. The van der Waals surface area contributed by atoms with Gasteiger partial charge >= 0.3 is 0 Å². The standard InChI is InChI=1S/C22H29NO4/c1-4-21(27-20-10-6-9-19(16-20)25-3)22(24)23-15-7-8-17-11-13-18(14-12-17)26-5-2/h6,9-14,16,21H,4-5,7-8,15H2,1-3H3,(H,23,24). The Labute approximate surface area is 161 Å². The highest BCUT2D eigenvalue weighted by Gasteiger charge is 2.18. The molecular weight excluding hydrogens is 342 g/mol. The molecule has 2 rings (SSSR count).